The number of likely N-dealkylation sites (N-methyl/N-ethyl adjacent to an activating group) is 1. The molecule has 6 heteroatoms. The van der Waals surface area contributed by atoms with E-state index in [1.165, 1.54) is 0 Å². The van der Waals surface area contributed by atoms with Crippen molar-refractivity contribution in [2.24, 2.45) is 5.92 Å². The molecule has 2 N–H and O–H groups in total. The summed E-state index contributed by atoms with van der Waals surface area (Å²) < 4.78 is 0. The monoisotopic (exact) mass is 273 g/mol. The van der Waals surface area contributed by atoms with Crippen LogP contribution in [0.15, 0.2) is 0 Å². The van der Waals surface area contributed by atoms with Gasteiger partial charge in [-0.3, -0.25) is 14.5 Å². The molecule has 0 radical (unpaired) electrons. The lowest BCUT2D eigenvalue weighted by Crippen LogP contribution is -2.49. The van der Waals surface area contributed by atoms with E-state index in [0.29, 0.717) is 19.0 Å². The first-order valence-electron chi connectivity index (χ1n) is 6.62. The first-order chi connectivity index (χ1) is 8.73. The molecular formula is C13H27N3O3. The summed E-state index contributed by atoms with van der Waals surface area (Å²) in [5.41, 5.74) is 0. The van der Waals surface area contributed by atoms with E-state index in [4.69, 9.17) is 5.11 Å². The van der Waals surface area contributed by atoms with Crippen molar-refractivity contribution in [2.75, 3.05) is 40.3 Å². The molecule has 0 heterocycles. The maximum Gasteiger partial charge on any atom is 0.317 e. The highest BCUT2D eigenvalue weighted by Gasteiger charge is 2.23. The van der Waals surface area contributed by atoms with E-state index >= 15 is 0 Å². The van der Waals surface area contributed by atoms with Gasteiger partial charge in [0.2, 0.25) is 5.91 Å². The van der Waals surface area contributed by atoms with Crippen LogP contribution >= 0.6 is 0 Å². The van der Waals surface area contributed by atoms with Crippen molar-refractivity contribution in [3.63, 3.8) is 0 Å². The van der Waals surface area contributed by atoms with Gasteiger partial charge in [-0.05, 0) is 26.9 Å². The number of carboxylic acids is 1. The Kier molecular flexibility index (Phi) is 8.34. The lowest BCUT2D eigenvalue weighted by atomic mass is 10.2. The van der Waals surface area contributed by atoms with Crippen molar-refractivity contribution >= 4 is 11.9 Å². The van der Waals surface area contributed by atoms with Gasteiger partial charge in [0.05, 0.1) is 12.6 Å². The second-order valence-electron chi connectivity index (χ2n) is 5.48. The summed E-state index contributed by atoms with van der Waals surface area (Å²) in [4.78, 5) is 26.5. The largest absolute Gasteiger partial charge is 0.480 e. The third-order valence-electron chi connectivity index (χ3n) is 2.78. The number of amides is 1. The molecule has 19 heavy (non-hydrogen) atoms. The minimum Gasteiger partial charge on any atom is -0.480 e. The van der Waals surface area contributed by atoms with Crippen LogP contribution in [0.2, 0.25) is 0 Å². The normalized spacial score (nSPS) is 13.1. The molecule has 0 aromatic carbocycles. The number of carbonyl (C=O) groups is 2. The lowest BCUT2D eigenvalue weighted by molar-refractivity contribution is -0.140. The zero-order chi connectivity index (χ0) is 15.0. The molecule has 0 bridgehead atoms. The third-order valence-corrected chi connectivity index (χ3v) is 2.78. The summed E-state index contributed by atoms with van der Waals surface area (Å²) in [6, 6.07) is -0.435. The molecule has 0 aliphatic heterocycles. The van der Waals surface area contributed by atoms with E-state index < -0.39 is 12.0 Å². The molecular weight excluding hydrogens is 246 g/mol. The van der Waals surface area contributed by atoms with Crippen molar-refractivity contribution in [3.05, 3.63) is 0 Å². The molecule has 6 nitrogen and oxygen atoms in total. The summed E-state index contributed by atoms with van der Waals surface area (Å²) in [6.45, 7) is 7.54. The topological polar surface area (TPSA) is 72.9 Å². The number of carbonyl (C=O) groups excluding carboxylic acids is 1. The van der Waals surface area contributed by atoms with Crippen LogP contribution in [0.5, 0.6) is 0 Å². The maximum absolute atomic E-state index is 12.0. The molecule has 0 spiro atoms. The minimum atomic E-state index is -0.915. The van der Waals surface area contributed by atoms with E-state index in [1.807, 2.05) is 32.8 Å². The third kappa shape index (κ3) is 8.56. The Balaban J connectivity index is 4.46. The molecule has 0 saturated heterocycles. The molecule has 0 aliphatic carbocycles. The molecule has 0 saturated carbocycles. The lowest BCUT2D eigenvalue weighted by Gasteiger charge is -2.28. The summed E-state index contributed by atoms with van der Waals surface area (Å²) in [5.74, 6) is -0.651. The standard InChI is InChI=1S/C13H27N3O3/c1-10(2)8-14-13(19)11(3)16(9-12(17)18)7-6-15(4)5/h10-11H,6-9H2,1-5H3,(H,14,19)(H,17,18). The number of rotatable bonds is 9. The van der Waals surface area contributed by atoms with Crippen molar-refractivity contribution in [1.82, 2.24) is 15.1 Å². The van der Waals surface area contributed by atoms with Crippen molar-refractivity contribution < 1.29 is 14.7 Å². The molecule has 112 valence electrons. The molecule has 0 fully saturated rings. The highest BCUT2D eigenvalue weighted by molar-refractivity contribution is 5.82. The van der Waals surface area contributed by atoms with Gasteiger partial charge < -0.3 is 15.3 Å². The quantitative estimate of drug-likeness (QED) is 0.623. The fraction of sp³-hybridized carbons (Fsp3) is 0.846. The minimum absolute atomic E-state index is 0.117. The molecule has 0 rings (SSSR count). The van der Waals surface area contributed by atoms with Gasteiger partial charge >= 0.3 is 5.97 Å². The first-order valence-corrected chi connectivity index (χ1v) is 6.62. The van der Waals surface area contributed by atoms with Crippen LogP contribution in [-0.2, 0) is 9.59 Å². The number of hydrogen-bond donors (Lipinski definition) is 2. The van der Waals surface area contributed by atoms with Gasteiger partial charge in [0.25, 0.3) is 0 Å². The van der Waals surface area contributed by atoms with E-state index in [1.54, 1.807) is 11.8 Å². The van der Waals surface area contributed by atoms with Crippen LogP contribution in [0, 0.1) is 5.92 Å². The Morgan fingerprint density at radius 3 is 2.16 bits per heavy atom. The van der Waals surface area contributed by atoms with Crippen LogP contribution in [-0.4, -0.2) is 73.1 Å². The average Bonchev–Trinajstić information content (AvgIpc) is 2.29. The Hall–Kier alpha value is -1.14. The van der Waals surface area contributed by atoms with Gasteiger partial charge in [0, 0.05) is 19.6 Å². The molecule has 0 aromatic heterocycles. The van der Waals surface area contributed by atoms with Crippen LogP contribution in [0.4, 0.5) is 0 Å². The fourth-order valence-electron chi connectivity index (χ4n) is 1.53. The number of hydrogen-bond acceptors (Lipinski definition) is 4. The van der Waals surface area contributed by atoms with Gasteiger partial charge in [-0.1, -0.05) is 13.8 Å². The predicted molar refractivity (Wildman–Crippen MR) is 75.1 cm³/mol. The van der Waals surface area contributed by atoms with Crippen molar-refractivity contribution in [2.45, 2.75) is 26.8 Å². The maximum atomic E-state index is 12.0. The highest BCUT2D eigenvalue weighted by atomic mass is 16.4. The SMILES string of the molecule is CC(C)CNC(=O)C(C)N(CCN(C)C)CC(=O)O. The van der Waals surface area contributed by atoms with Crippen molar-refractivity contribution in [3.8, 4) is 0 Å². The Morgan fingerprint density at radius 2 is 1.74 bits per heavy atom. The molecule has 1 unspecified atom stereocenters. The molecule has 0 aromatic rings. The van der Waals surface area contributed by atoms with E-state index in [-0.39, 0.29) is 12.5 Å². The zero-order valence-corrected chi connectivity index (χ0v) is 12.6. The van der Waals surface area contributed by atoms with Crippen LogP contribution in [0.3, 0.4) is 0 Å². The number of nitrogens with zero attached hydrogens (tertiary/aromatic N) is 2. The van der Waals surface area contributed by atoms with Gasteiger partial charge in [-0.15, -0.1) is 0 Å². The number of nitrogens with one attached hydrogen (secondary N) is 1. The summed E-state index contributed by atoms with van der Waals surface area (Å²) in [5, 5.41) is 11.7. The van der Waals surface area contributed by atoms with Crippen molar-refractivity contribution in [1.29, 1.82) is 0 Å². The van der Waals surface area contributed by atoms with Crippen LogP contribution < -0.4 is 5.32 Å². The van der Waals surface area contributed by atoms with E-state index in [2.05, 4.69) is 5.32 Å². The van der Waals surface area contributed by atoms with Gasteiger partial charge in [-0.25, -0.2) is 0 Å². The number of carboxylic acid groups (broad SMARTS) is 1. The van der Waals surface area contributed by atoms with Crippen LogP contribution in [0.25, 0.3) is 0 Å². The molecule has 1 atom stereocenters. The summed E-state index contributed by atoms with van der Waals surface area (Å²) >= 11 is 0. The number of aliphatic carboxylic acids is 1. The average molecular weight is 273 g/mol. The smallest absolute Gasteiger partial charge is 0.317 e. The van der Waals surface area contributed by atoms with E-state index in [9.17, 15) is 9.59 Å². The van der Waals surface area contributed by atoms with Gasteiger partial charge in [0.15, 0.2) is 0 Å². The molecule has 0 aliphatic rings. The molecule has 1 amide bonds. The van der Waals surface area contributed by atoms with Crippen LogP contribution in [0.1, 0.15) is 20.8 Å². The van der Waals surface area contributed by atoms with E-state index in [0.717, 1.165) is 6.54 Å². The Labute approximate surface area is 115 Å². The zero-order valence-electron chi connectivity index (χ0n) is 12.6. The second-order valence-corrected chi connectivity index (χ2v) is 5.48. The second kappa shape index (κ2) is 8.87. The Bertz CT molecular complexity index is 293. The fourth-order valence-corrected chi connectivity index (χ4v) is 1.53. The summed E-state index contributed by atoms with van der Waals surface area (Å²) in [7, 11) is 3.84. The predicted octanol–water partition coefficient (Wildman–Crippen LogP) is 0.0953. The van der Waals surface area contributed by atoms with Gasteiger partial charge in [-0.2, -0.15) is 0 Å². The summed E-state index contributed by atoms with van der Waals surface area (Å²) in [6.07, 6.45) is 0. The first kappa shape index (κ1) is 17.9. The Morgan fingerprint density at radius 1 is 1.16 bits per heavy atom. The highest BCUT2D eigenvalue weighted by Crippen LogP contribution is 2.00. The van der Waals surface area contributed by atoms with Gasteiger partial charge in [0.1, 0.15) is 0 Å².